The fourth-order valence-corrected chi connectivity index (χ4v) is 3.71. The Hall–Kier alpha value is -3.27. The molecule has 0 spiro atoms. The highest BCUT2D eigenvalue weighted by atomic mass is 32.1. The van der Waals surface area contributed by atoms with Gasteiger partial charge in [0, 0.05) is 23.3 Å². The standard InChI is InChI=1S/C18H13F2N5O2S/c1-18(12-7-10(19)3-4-13(12)20)16(26)25(17(27)24-18)8-11-9-28-15(23-11)14-21-5-2-6-22-14/h2-7,9H,8H2,1H3,(H,24,27). The average molecular weight is 401 g/mol. The van der Waals surface area contributed by atoms with Crippen molar-refractivity contribution in [1.82, 2.24) is 25.2 Å². The molecule has 0 saturated carbocycles. The topological polar surface area (TPSA) is 88.1 Å². The smallest absolute Gasteiger partial charge is 0.319 e. The Bertz CT molecular complexity index is 1070. The van der Waals surface area contributed by atoms with Gasteiger partial charge in [0.2, 0.25) is 0 Å². The van der Waals surface area contributed by atoms with Crippen molar-refractivity contribution in [2.24, 2.45) is 0 Å². The second-order valence-electron chi connectivity index (χ2n) is 6.29. The van der Waals surface area contributed by atoms with E-state index in [1.54, 1.807) is 23.8 Å². The van der Waals surface area contributed by atoms with Crippen LogP contribution in [0.4, 0.5) is 13.6 Å². The lowest BCUT2D eigenvalue weighted by Gasteiger charge is -2.22. The third-order valence-corrected chi connectivity index (χ3v) is 5.26. The molecule has 1 aromatic carbocycles. The van der Waals surface area contributed by atoms with E-state index >= 15 is 0 Å². The summed E-state index contributed by atoms with van der Waals surface area (Å²) in [6, 6.07) is 3.75. The van der Waals surface area contributed by atoms with Crippen LogP contribution in [0.5, 0.6) is 0 Å². The van der Waals surface area contributed by atoms with E-state index in [1.165, 1.54) is 18.3 Å². The van der Waals surface area contributed by atoms with Gasteiger partial charge in [0.05, 0.1) is 12.2 Å². The molecular formula is C18H13F2N5O2S. The van der Waals surface area contributed by atoms with E-state index in [2.05, 4.69) is 20.3 Å². The van der Waals surface area contributed by atoms with Crippen LogP contribution in [0.3, 0.4) is 0 Å². The number of nitrogens with one attached hydrogen (secondary N) is 1. The molecule has 1 atom stereocenters. The first kappa shape index (κ1) is 18.1. The van der Waals surface area contributed by atoms with Gasteiger partial charge < -0.3 is 5.32 Å². The predicted octanol–water partition coefficient (Wildman–Crippen LogP) is 2.85. The minimum atomic E-state index is -1.70. The van der Waals surface area contributed by atoms with Crippen LogP contribution >= 0.6 is 11.3 Å². The van der Waals surface area contributed by atoms with Crippen LogP contribution in [-0.4, -0.2) is 31.8 Å². The van der Waals surface area contributed by atoms with E-state index in [0.717, 1.165) is 23.1 Å². The van der Waals surface area contributed by atoms with Crippen molar-refractivity contribution < 1.29 is 18.4 Å². The fourth-order valence-electron chi connectivity index (χ4n) is 2.96. The van der Waals surface area contributed by atoms with Gasteiger partial charge in [-0.05, 0) is 31.2 Å². The second-order valence-corrected chi connectivity index (χ2v) is 7.15. The van der Waals surface area contributed by atoms with Crippen LogP contribution in [-0.2, 0) is 16.9 Å². The monoisotopic (exact) mass is 401 g/mol. The molecule has 3 amide bonds. The number of hydrogen-bond donors (Lipinski definition) is 1. The highest BCUT2D eigenvalue weighted by Gasteiger charge is 2.50. The Morgan fingerprint density at radius 3 is 2.71 bits per heavy atom. The Kier molecular flexibility index (Phi) is 4.34. The van der Waals surface area contributed by atoms with Gasteiger partial charge in [-0.1, -0.05) is 0 Å². The average Bonchev–Trinajstić information content (AvgIpc) is 3.24. The molecule has 7 nitrogen and oxygen atoms in total. The molecule has 4 rings (SSSR count). The van der Waals surface area contributed by atoms with Gasteiger partial charge in [-0.25, -0.2) is 28.5 Å². The summed E-state index contributed by atoms with van der Waals surface area (Å²) >= 11 is 1.27. The fraction of sp³-hybridized carbons (Fsp3) is 0.167. The quantitative estimate of drug-likeness (QED) is 0.680. The van der Waals surface area contributed by atoms with Crippen molar-refractivity contribution in [3.05, 3.63) is 64.9 Å². The zero-order chi connectivity index (χ0) is 19.9. The Morgan fingerprint density at radius 2 is 1.96 bits per heavy atom. The number of amides is 3. The SMILES string of the molecule is CC1(c2cc(F)ccc2F)NC(=O)N(Cc2csc(-c3ncccn3)n2)C1=O. The van der Waals surface area contributed by atoms with Crippen LogP contribution in [0.2, 0.25) is 0 Å². The predicted molar refractivity (Wildman–Crippen MR) is 95.9 cm³/mol. The molecule has 1 unspecified atom stereocenters. The van der Waals surface area contributed by atoms with Gasteiger partial charge in [-0.3, -0.25) is 9.69 Å². The van der Waals surface area contributed by atoms with E-state index < -0.39 is 29.1 Å². The van der Waals surface area contributed by atoms with Crippen LogP contribution in [0.1, 0.15) is 18.2 Å². The van der Waals surface area contributed by atoms with Crippen molar-refractivity contribution in [2.45, 2.75) is 19.0 Å². The van der Waals surface area contributed by atoms with Crippen LogP contribution in [0, 0.1) is 11.6 Å². The zero-order valence-electron chi connectivity index (χ0n) is 14.5. The zero-order valence-corrected chi connectivity index (χ0v) is 15.3. The molecule has 3 aromatic rings. The first-order valence-electron chi connectivity index (χ1n) is 8.20. The lowest BCUT2D eigenvalue weighted by atomic mass is 9.91. The van der Waals surface area contributed by atoms with Gasteiger partial charge in [0.1, 0.15) is 17.2 Å². The van der Waals surface area contributed by atoms with Gasteiger partial charge in [0.25, 0.3) is 5.91 Å². The van der Waals surface area contributed by atoms with Crippen molar-refractivity contribution >= 4 is 23.3 Å². The maximum absolute atomic E-state index is 14.2. The van der Waals surface area contributed by atoms with E-state index in [0.29, 0.717) is 16.5 Å². The Morgan fingerprint density at radius 1 is 1.21 bits per heavy atom. The number of urea groups is 1. The van der Waals surface area contributed by atoms with Gasteiger partial charge in [-0.2, -0.15) is 0 Å². The molecular weight excluding hydrogens is 388 g/mol. The number of carbonyl (C=O) groups excluding carboxylic acids is 2. The Balaban J connectivity index is 1.60. The number of aromatic nitrogens is 3. The summed E-state index contributed by atoms with van der Waals surface area (Å²) in [6.45, 7) is 1.23. The molecule has 28 heavy (non-hydrogen) atoms. The van der Waals surface area contributed by atoms with Crippen molar-refractivity contribution in [2.75, 3.05) is 0 Å². The van der Waals surface area contributed by atoms with Crippen molar-refractivity contribution in [3.8, 4) is 10.8 Å². The lowest BCUT2D eigenvalue weighted by molar-refractivity contribution is -0.131. The first-order chi connectivity index (χ1) is 13.4. The molecule has 1 aliphatic rings. The highest BCUT2D eigenvalue weighted by Crippen LogP contribution is 2.32. The molecule has 0 radical (unpaired) electrons. The van der Waals surface area contributed by atoms with Gasteiger partial charge in [-0.15, -0.1) is 11.3 Å². The number of rotatable bonds is 4. The number of thiazole rings is 1. The molecule has 1 fully saturated rings. The van der Waals surface area contributed by atoms with E-state index in [4.69, 9.17) is 0 Å². The molecule has 1 saturated heterocycles. The molecule has 142 valence electrons. The number of hydrogen-bond acceptors (Lipinski definition) is 6. The molecule has 1 aliphatic heterocycles. The molecule has 0 bridgehead atoms. The lowest BCUT2D eigenvalue weighted by Crippen LogP contribution is -2.41. The third kappa shape index (κ3) is 3.01. The van der Waals surface area contributed by atoms with Crippen molar-refractivity contribution in [1.29, 1.82) is 0 Å². The molecule has 1 N–H and O–H groups in total. The molecule has 3 heterocycles. The molecule has 0 aliphatic carbocycles. The maximum atomic E-state index is 14.2. The summed E-state index contributed by atoms with van der Waals surface area (Å²) < 4.78 is 27.8. The number of imide groups is 1. The van der Waals surface area contributed by atoms with Crippen LogP contribution in [0.25, 0.3) is 10.8 Å². The number of halogens is 2. The molecule has 2 aromatic heterocycles. The third-order valence-electron chi connectivity index (χ3n) is 4.37. The summed E-state index contributed by atoms with van der Waals surface area (Å²) in [5, 5.41) is 4.68. The summed E-state index contributed by atoms with van der Waals surface area (Å²) in [6.07, 6.45) is 3.17. The van der Waals surface area contributed by atoms with E-state index in [-0.39, 0.29) is 12.1 Å². The van der Waals surface area contributed by atoms with Gasteiger partial charge in [0.15, 0.2) is 10.8 Å². The van der Waals surface area contributed by atoms with E-state index in [9.17, 15) is 18.4 Å². The van der Waals surface area contributed by atoms with E-state index in [1.807, 2.05) is 0 Å². The van der Waals surface area contributed by atoms with Crippen LogP contribution < -0.4 is 5.32 Å². The molecule has 10 heteroatoms. The van der Waals surface area contributed by atoms with Gasteiger partial charge >= 0.3 is 6.03 Å². The summed E-state index contributed by atoms with van der Waals surface area (Å²) in [4.78, 5) is 38.8. The number of benzene rings is 1. The normalized spacial score (nSPS) is 19.2. The maximum Gasteiger partial charge on any atom is 0.325 e. The highest BCUT2D eigenvalue weighted by molar-refractivity contribution is 7.13. The van der Waals surface area contributed by atoms with Crippen molar-refractivity contribution in [3.63, 3.8) is 0 Å². The summed E-state index contributed by atoms with van der Waals surface area (Å²) in [5.41, 5.74) is -1.48. The number of carbonyl (C=O) groups is 2. The largest absolute Gasteiger partial charge is 0.325 e. The first-order valence-corrected chi connectivity index (χ1v) is 9.08. The summed E-state index contributed by atoms with van der Waals surface area (Å²) in [5.74, 6) is -1.74. The minimum absolute atomic E-state index is 0.111. The number of nitrogens with zero attached hydrogens (tertiary/aromatic N) is 4. The van der Waals surface area contributed by atoms with Crippen LogP contribution in [0.15, 0.2) is 42.0 Å². The summed E-state index contributed by atoms with van der Waals surface area (Å²) in [7, 11) is 0. The Labute approximate surface area is 162 Å². The second kappa shape index (κ2) is 6.71. The minimum Gasteiger partial charge on any atom is -0.319 e.